The van der Waals surface area contributed by atoms with Crippen molar-refractivity contribution in [2.75, 3.05) is 6.61 Å². The normalized spacial score (nSPS) is 49.7. The van der Waals surface area contributed by atoms with Crippen molar-refractivity contribution in [3.05, 3.63) is 0 Å². The number of hydrogen-bond acceptors (Lipinski definition) is 2. The van der Waals surface area contributed by atoms with Crippen LogP contribution in [0, 0.1) is 5.92 Å². The van der Waals surface area contributed by atoms with E-state index in [4.69, 9.17) is 4.74 Å². The highest BCUT2D eigenvalue weighted by Gasteiger charge is 2.36. The molecule has 2 aliphatic rings. The Morgan fingerprint density at radius 2 is 2.22 bits per heavy atom. The molecule has 0 aromatic carbocycles. The summed E-state index contributed by atoms with van der Waals surface area (Å²) in [4.78, 5) is 0. The van der Waals surface area contributed by atoms with E-state index in [9.17, 15) is 5.11 Å². The van der Waals surface area contributed by atoms with Gasteiger partial charge < -0.3 is 9.84 Å². The first-order chi connectivity index (χ1) is 4.36. The molecule has 52 valence electrons. The molecule has 2 heteroatoms. The largest absolute Gasteiger partial charge is 0.390 e. The second-order valence-corrected chi connectivity index (χ2v) is 3.10. The SMILES string of the molecule is OC1CC2CCOC1C2. The van der Waals surface area contributed by atoms with E-state index >= 15 is 0 Å². The van der Waals surface area contributed by atoms with E-state index in [1.165, 1.54) is 0 Å². The molecule has 1 aliphatic carbocycles. The maximum Gasteiger partial charge on any atom is 0.0836 e. The molecule has 2 bridgehead atoms. The van der Waals surface area contributed by atoms with Crippen molar-refractivity contribution in [1.29, 1.82) is 0 Å². The third-order valence-corrected chi connectivity index (χ3v) is 2.43. The molecule has 1 N–H and O–H groups in total. The highest BCUT2D eigenvalue weighted by molar-refractivity contribution is 4.86. The lowest BCUT2D eigenvalue weighted by atomic mass is 10.0. The highest BCUT2D eigenvalue weighted by atomic mass is 16.5. The molecule has 1 saturated heterocycles. The van der Waals surface area contributed by atoms with Gasteiger partial charge in [0, 0.05) is 6.61 Å². The second kappa shape index (κ2) is 1.96. The second-order valence-electron chi connectivity index (χ2n) is 3.10. The van der Waals surface area contributed by atoms with Crippen LogP contribution in [0.5, 0.6) is 0 Å². The van der Waals surface area contributed by atoms with Gasteiger partial charge in [-0.15, -0.1) is 0 Å². The van der Waals surface area contributed by atoms with Crippen molar-refractivity contribution < 1.29 is 9.84 Å². The smallest absolute Gasteiger partial charge is 0.0836 e. The summed E-state index contributed by atoms with van der Waals surface area (Å²) in [6, 6.07) is 0. The van der Waals surface area contributed by atoms with E-state index < -0.39 is 0 Å². The summed E-state index contributed by atoms with van der Waals surface area (Å²) >= 11 is 0. The summed E-state index contributed by atoms with van der Waals surface area (Å²) in [5, 5.41) is 9.27. The van der Waals surface area contributed by atoms with E-state index in [-0.39, 0.29) is 12.2 Å². The number of aliphatic hydroxyl groups is 1. The van der Waals surface area contributed by atoms with Gasteiger partial charge in [-0.3, -0.25) is 0 Å². The highest BCUT2D eigenvalue weighted by Crippen LogP contribution is 2.34. The lowest BCUT2D eigenvalue weighted by Crippen LogP contribution is -2.24. The van der Waals surface area contributed by atoms with Crippen LogP contribution in [0.3, 0.4) is 0 Å². The topological polar surface area (TPSA) is 29.5 Å². The van der Waals surface area contributed by atoms with Crippen LogP contribution in [-0.4, -0.2) is 23.9 Å². The van der Waals surface area contributed by atoms with Gasteiger partial charge in [-0.05, 0) is 25.2 Å². The van der Waals surface area contributed by atoms with Gasteiger partial charge in [-0.1, -0.05) is 0 Å². The van der Waals surface area contributed by atoms with Crippen molar-refractivity contribution in [2.45, 2.75) is 31.5 Å². The van der Waals surface area contributed by atoms with Crippen molar-refractivity contribution in [1.82, 2.24) is 0 Å². The maximum atomic E-state index is 9.27. The number of ether oxygens (including phenoxy) is 1. The lowest BCUT2D eigenvalue weighted by molar-refractivity contribution is -0.0281. The zero-order valence-corrected chi connectivity index (χ0v) is 5.42. The van der Waals surface area contributed by atoms with Crippen molar-refractivity contribution in [3.8, 4) is 0 Å². The summed E-state index contributed by atoms with van der Waals surface area (Å²) in [5.41, 5.74) is 0. The minimum Gasteiger partial charge on any atom is -0.390 e. The van der Waals surface area contributed by atoms with E-state index in [0.29, 0.717) is 0 Å². The monoisotopic (exact) mass is 128 g/mol. The fraction of sp³-hybridized carbons (Fsp3) is 1.00. The number of hydrogen-bond donors (Lipinski definition) is 1. The number of fused-ring (bicyclic) bond motifs is 2. The van der Waals surface area contributed by atoms with Gasteiger partial charge in [0.15, 0.2) is 0 Å². The zero-order valence-electron chi connectivity index (χ0n) is 5.42. The van der Waals surface area contributed by atoms with Crippen molar-refractivity contribution in [2.24, 2.45) is 5.92 Å². The zero-order chi connectivity index (χ0) is 6.27. The maximum absolute atomic E-state index is 9.27. The summed E-state index contributed by atoms with van der Waals surface area (Å²) in [6.45, 7) is 0.867. The van der Waals surface area contributed by atoms with Crippen LogP contribution in [0.2, 0.25) is 0 Å². The van der Waals surface area contributed by atoms with Crippen molar-refractivity contribution >= 4 is 0 Å². The van der Waals surface area contributed by atoms with E-state index in [1.54, 1.807) is 0 Å². The molecule has 0 radical (unpaired) electrons. The molecule has 1 aliphatic heterocycles. The number of aliphatic hydroxyl groups excluding tert-OH is 1. The minimum absolute atomic E-state index is 0.155. The molecule has 0 amide bonds. The molecule has 1 heterocycles. The Morgan fingerprint density at radius 3 is 2.89 bits per heavy atom. The quantitative estimate of drug-likeness (QED) is 0.516. The van der Waals surface area contributed by atoms with Crippen LogP contribution in [0.4, 0.5) is 0 Å². The van der Waals surface area contributed by atoms with Crippen LogP contribution in [0.15, 0.2) is 0 Å². The summed E-state index contributed by atoms with van der Waals surface area (Å²) in [7, 11) is 0. The van der Waals surface area contributed by atoms with Crippen molar-refractivity contribution in [3.63, 3.8) is 0 Å². The molecule has 0 aromatic heterocycles. The molecular weight excluding hydrogens is 116 g/mol. The van der Waals surface area contributed by atoms with Crippen LogP contribution >= 0.6 is 0 Å². The molecule has 0 spiro atoms. The van der Waals surface area contributed by atoms with Gasteiger partial charge in [0.25, 0.3) is 0 Å². The lowest BCUT2D eigenvalue weighted by Gasteiger charge is -2.19. The van der Waals surface area contributed by atoms with Crippen LogP contribution in [-0.2, 0) is 4.74 Å². The molecule has 9 heavy (non-hydrogen) atoms. The molecule has 2 fully saturated rings. The van der Waals surface area contributed by atoms with Crippen LogP contribution in [0.25, 0.3) is 0 Å². The van der Waals surface area contributed by atoms with Gasteiger partial charge in [0.2, 0.25) is 0 Å². The Hall–Kier alpha value is -0.0800. The van der Waals surface area contributed by atoms with E-state index in [0.717, 1.165) is 31.8 Å². The summed E-state index contributed by atoms with van der Waals surface area (Å²) in [6.07, 6.45) is 3.26. The predicted octanol–water partition coefficient (Wildman–Crippen LogP) is 0.546. The van der Waals surface area contributed by atoms with Crippen LogP contribution in [0.1, 0.15) is 19.3 Å². The van der Waals surface area contributed by atoms with Gasteiger partial charge >= 0.3 is 0 Å². The molecule has 3 unspecified atom stereocenters. The summed E-state index contributed by atoms with van der Waals surface area (Å²) in [5.74, 6) is 0.763. The molecular formula is C7H12O2. The minimum atomic E-state index is -0.155. The van der Waals surface area contributed by atoms with E-state index in [2.05, 4.69) is 0 Å². The fourth-order valence-corrected chi connectivity index (χ4v) is 1.88. The van der Waals surface area contributed by atoms with Gasteiger partial charge in [-0.25, -0.2) is 0 Å². The average Bonchev–Trinajstić information content (AvgIpc) is 2.09. The van der Waals surface area contributed by atoms with Crippen LogP contribution < -0.4 is 0 Å². The molecule has 2 rings (SSSR count). The molecule has 2 nitrogen and oxygen atoms in total. The Morgan fingerprint density at radius 1 is 1.33 bits per heavy atom. The standard InChI is InChI=1S/C7H12O2/c8-6-3-5-1-2-9-7(6)4-5/h5-8H,1-4H2. The first kappa shape index (κ1) is 5.69. The van der Waals surface area contributed by atoms with Gasteiger partial charge in [0.05, 0.1) is 12.2 Å². The average molecular weight is 128 g/mol. The predicted molar refractivity (Wildman–Crippen MR) is 33.1 cm³/mol. The molecule has 1 saturated carbocycles. The fourth-order valence-electron chi connectivity index (χ4n) is 1.88. The Balaban J connectivity index is 2.07. The third-order valence-electron chi connectivity index (χ3n) is 2.43. The first-order valence-electron chi connectivity index (χ1n) is 3.66. The Kier molecular flexibility index (Phi) is 1.24. The summed E-state index contributed by atoms with van der Waals surface area (Å²) < 4.78 is 5.33. The van der Waals surface area contributed by atoms with Gasteiger partial charge in [0.1, 0.15) is 0 Å². The Labute approximate surface area is 54.8 Å². The van der Waals surface area contributed by atoms with E-state index in [1.807, 2.05) is 0 Å². The van der Waals surface area contributed by atoms with Gasteiger partial charge in [-0.2, -0.15) is 0 Å². The Bertz CT molecular complexity index is 111. The first-order valence-corrected chi connectivity index (χ1v) is 3.66. The number of rotatable bonds is 0. The third kappa shape index (κ3) is 0.864. The molecule has 3 atom stereocenters. The molecule has 0 aromatic rings.